The summed E-state index contributed by atoms with van der Waals surface area (Å²) in [6.07, 6.45) is 15.2. The largest absolute Gasteiger partial charge is 0.397 e. The molecule has 0 aliphatic carbocycles. The van der Waals surface area contributed by atoms with E-state index in [2.05, 4.69) is 65.8 Å². The van der Waals surface area contributed by atoms with Crippen molar-refractivity contribution in [2.75, 3.05) is 12.0 Å². The minimum Gasteiger partial charge on any atom is -0.397 e. The first-order valence-electron chi connectivity index (χ1n) is 29.7. The van der Waals surface area contributed by atoms with E-state index < -0.39 is 0 Å². The van der Waals surface area contributed by atoms with E-state index in [4.69, 9.17) is 22.9 Å². The van der Waals surface area contributed by atoms with Gasteiger partial charge in [-0.15, -0.1) is 68.0 Å². The molecule has 15 heterocycles. The number of halogens is 1. The van der Waals surface area contributed by atoms with E-state index in [0.717, 1.165) is 117 Å². The van der Waals surface area contributed by atoms with E-state index in [0.29, 0.717) is 70.2 Å². The van der Waals surface area contributed by atoms with Gasteiger partial charge in [-0.2, -0.15) is 0 Å². The van der Waals surface area contributed by atoms with Gasteiger partial charge in [0.25, 0.3) is 22.2 Å². The molecule has 0 atom stereocenters. The molecule has 0 amide bonds. The second-order valence-corrected chi connectivity index (χ2v) is 32.2. The predicted octanol–water partition coefficient (Wildman–Crippen LogP) is 16.7. The van der Waals surface area contributed by atoms with E-state index in [1.807, 2.05) is 137 Å². The number of pyridine rings is 4. The number of rotatable bonds is 5. The van der Waals surface area contributed by atoms with Gasteiger partial charge in [0, 0.05) is 78.6 Å². The van der Waals surface area contributed by atoms with E-state index in [9.17, 15) is 24.0 Å². The number of aryl methyl sites for hydroxylation is 4. The molecule has 19 rings (SSSR count). The van der Waals surface area contributed by atoms with Crippen LogP contribution in [-0.4, -0.2) is 79.3 Å². The maximum Gasteiger partial charge on any atom is 0.305 e. The summed E-state index contributed by atoms with van der Waals surface area (Å²) in [6, 6.07) is 31.1. The van der Waals surface area contributed by atoms with Crippen LogP contribution in [0.1, 0.15) is 29.7 Å². The van der Waals surface area contributed by atoms with E-state index >= 15 is 0 Å². The van der Waals surface area contributed by atoms with Crippen LogP contribution in [0, 0.1) is 31.6 Å². The van der Waals surface area contributed by atoms with E-state index in [-0.39, 0.29) is 88.3 Å². The Morgan fingerprint density at radius 1 is 0.431 bits per heavy atom. The second-order valence-electron chi connectivity index (χ2n) is 22.6. The van der Waals surface area contributed by atoms with Gasteiger partial charge in [-0.05, 0) is 111 Å². The van der Waals surface area contributed by atoms with Gasteiger partial charge < -0.3 is 15.7 Å². The van der Waals surface area contributed by atoms with Crippen LogP contribution in [0.5, 0.6) is 0 Å². The summed E-state index contributed by atoms with van der Waals surface area (Å²) in [5.74, 6) is 0. The fraction of sp³-hybridized carbons (Fsp3) is 0.0870. The Balaban J connectivity index is 0.000000120. The van der Waals surface area contributed by atoms with Crippen LogP contribution in [0.2, 0.25) is 0 Å². The first kappa shape index (κ1) is 72.3. The van der Waals surface area contributed by atoms with Crippen LogP contribution in [0.15, 0.2) is 180 Å². The molecule has 503 valence electrons. The number of nitrogens with one attached hydrogen (secondary N) is 2. The van der Waals surface area contributed by atoms with Crippen LogP contribution in [-0.2, 0) is 53.8 Å². The number of thiophene rings is 4. The van der Waals surface area contributed by atoms with Crippen molar-refractivity contribution in [1.29, 1.82) is 0 Å². The van der Waals surface area contributed by atoms with Gasteiger partial charge in [0.15, 0.2) is 8.29 Å². The number of hydrogen-bond donors (Lipinski definition) is 3. The molecule has 102 heavy (non-hydrogen) atoms. The fourth-order valence-electron chi connectivity index (χ4n) is 11.2. The molecule has 0 fully saturated rings. The average molecular weight is 1820 g/mol. The van der Waals surface area contributed by atoms with Crippen molar-refractivity contribution in [2.24, 2.45) is 0 Å². The Labute approximate surface area is 659 Å². The summed E-state index contributed by atoms with van der Waals surface area (Å²) >= 11 is 19.8. The molecule has 0 spiro atoms. The Kier molecular flexibility index (Phi) is 20.8. The molecule has 1 radical (unpaired) electrons. The number of aromatic nitrogens is 15. The topological polar surface area (TPSA) is 279 Å². The van der Waals surface area contributed by atoms with Crippen LogP contribution < -0.4 is 32.8 Å². The number of nitrogens with two attached hydrogens (primary N) is 1. The molecule has 15 aromatic heterocycles. The van der Waals surface area contributed by atoms with Crippen LogP contribution in [0.25, 0.3) is 135 Å². The predicted molar refractivity (Wildman–Crippen MR) is 421 cm³/mol. The Bertz CT molecular complexity index is 6700. The van der Waals surface area contributed by atoms with Gasteiger partial charge >= 0.3 is 4.87 Å². The van der Waals surface area contributed by atoms with Crippen molar-refractivity contribution < 1.29 is 53.8 Å². The third-order valence-corrected chi connectivity index (χ3v) is 25.1. The van der Waals surface area contributed by atoms with Crippen LogP contribution in [0.3, 0.4) is 0 Å². The van der Waals surface area contributed by atoms with E-state index in [1.54, 1.807) is 74.4 Å². The van der Waals surface area contributed by atoms with Crippen LogP contribution in [0.4, 0.5) is 5.69 Å². The van der Waals surface area contributed by atoms with Gasteiger partial charge in [0.1, 0.15) is 85.5 Å². The van der Waals surface area contributed by atoms with Gasteiger partial charge in [0.2, 0.25) is 0 Å². The molecule has 0 unspecified atom stereocenters. The number of hydrogen-bond acceptors (Lipinski definition) is 24. The molecule has 0 aliphatic rings. The molecule has 4 N–H and O–H groups in total. The smallest absolute Gasteiger partial charge is 0.305 e. The van der Waals surface area contributed by atoms with Crippen molar-refractivity contribution in [1.82, 2.24) is 73.1 Å². The number of thiazole rings is 3. The SMILES string of the molecule is C.CSc1nc2c(cnc3sc4c(=O)n(-c5ccc(C)cc5)cnc4c32)s1.Cc1ccc(-n2cnc3c(sc4ncc(Br)c(N)c43)c2=O)cc1.Cc1ccc(-n2cnc3c(sc4ncc5sc(=O)[nH]c5c43)c2=O)cc1.Cc1ccc(-n2cnc3c(sc4ncc5sc(=S)[nH]c5c43)c2=O)cc1.[W].[Y]. The monoisotopic (exact) mass is 1820 g/mol. The van der Waals surface area contributed by atoms with Crippen molar-refractivity contribution >= 4 is 237 Å². The molecule has 0 saturated heterocycles. The molecule has 19 aromatic rings. The third kappa shape index (κ3) is 13.0. The number of fused-ring (bicyclic) bond motifs is 18. The Morgan fingerprint density at radius 3 is 1.17 bits per heavy atom. The zero-order valence-corrected chi connectivity index (χ0v) is 67.5. The van der Waals surface area contributed by atoms with Crippen molar-refractivity contribution in [3.8, 4) is 22.7 Å². The standard InChI is InChI=1S/C18H12N4OS3.C17H10N4O2S2.C17H10N4OS3.C16H11BrN4OS.CH4.W.Y/c1-9-3-5-10(6-4-9)22-8-20-14-12-13-11(25-18(21-13)24-2)7-19-16(12)26-15(14)17(22)23;2*1-8-2-4-9(5-3-8)21-7-19-13-11-12-10(24-17(23)20-12)6-18-15(11)25-14(13)16(21)22;1-8-2-4-9(5-3-8)21-7-20-13-11-12(18)10(17)6-19-15(11)23-14(13)16(21)22;;;/h3-8H,1-2H3;2*2-7H,1H3,(H,20,23);2-7H,1H3,(H2,18,19);1H4;;. The second kappa shape index (κ2) is 29.3. The molecule has 4 aromatic carbocycles. The Hall–Kier alpha value is -8.01. The minimum atomic E-state index is -0.142. The number of nitrogens with zero attached hydrogens (tertiary/aromatic N) is 13. The van der Waals surface area contributed by atoms with Crippen molar-refractivity contribution in [2.45, 2.75) is 39.5 Å². The summed E-state index contributed by atoms with van der Waals surface area (Å²) in [7, 11) is 0. The average Bonchev–Trinajstić information content (AvgIpc) is 1.60. The molecule has 21 nitrogen and oxygen atoms in total. The number of aromatic amines is 2. The number of H-pyrrole nitrogens is 2. The molecule has 0 bridgehead atoms. The zero-order chi connectivity index (χ0) is 68.2. The fourth-order valence-corrected chi connectivity index (χ4v) is 18.9. The maximum atomic E-state index is 13.1. The van der Waals surface area contributed by atoms with Gasteiger partial charge in [-0.1, -0.05) is 101 Å². The maximum absolute atomic E-state index is 13.1. The molecular weight excluding hydrogens is 1770 g/mol. The first-order valence-corrected chi connectivity index (χ1v) is 37.9. The molecule has 0 saturated carbocycles. The Morgan fingerprint density at radius 2 is 0.765 bits per heavy atom. The summed E-state index contributed by atoms with van der Waals surface area (Å²) in [6.45, 7) is 8.04. The molecule has 33 heteroatoms. The van der Waals surface area contributed by atoms with Gasteiger partial charge in [0.05, 0.1) is 85.1 Å². The van der Waals surface area contributed by atoms with Gasteiger partial charge in [-0.3, -0.25) is 42.2 Å². The number of thioether (sulfide) groups is 1. The first-order chi connectivity index (χ1) is 47.9. The molecular formula is C69H47BrN16O5S9WY. The van der Waals surface area contributed by atoms with Crippen LogP contribution >= 0.6 is 119 Å². The number of benzene rings is 4. The minimum absolute atomic E-state index is 0. The zero-order valence-electron chi connectivity index (χ0n) is 52.8. The molecule has 0 aliphatic heterocycles. The van der Waals surface area contributed by atoms with Crippen molar-refractivity contribution in [3.05, 3.63) is 229 Å². The summed E-state index contributed by atoms with van der Waals surface area (Å²) in [5.41, 5.74) is 19.0. The number of anilines is 1. The number of nitrogen functional groups attached to an aromatic ring is 1. The van der Waals surface area contributed by atoms with Crippen molar-refractivity contribution in [3.63, 3.8) is 0 Å². The summed E-state index contributed by atoms with van der Waals surface area (Å²) in [4.78, 5) is 113. The third-order valence-electron chi connectivity index (χ3n) is 16.2. The normalized spacial score (nSPS) is 11.3. The van der Waals surface area contributed by atoms with E-state index in [1.165, 1.54) is 67.6 Å². The summed E-state index contributed by atoms with van der Waals surface area (Å²) in [5, 5.41) is 3.22. The summed E-state index contributed by atoms with van der Waals surface area (Å²) < 4.78 is 13.7. The quantitative estimate of drug-likeness (QED) is 0.107. The van der Waals surface area contributed by atoms with Gasteiger partial charge in [-0.25, -0.2) is 44.9 Å².